The van der Waals surface area contributed by atoms with Gasteiger partial charge in [-0.3, -0.25) is 4.98 Å². The number of thiophene rings is 1. The van der Waals surface area contributed by atoms with Crippen LogP contribution >= 0.6 is 11.3 Å². The second-order valence-electron chi connectivity index (χ2n) is 3.83. The van der Waals surface area contributed by atoms with Crippen LogP contribution in [-0.4, -0.2) is 13.4 Å². The zero-order valence-electron chi connectivity index (χ0n) is 9.75. The number of sulfonamides is 1. The van der Waals surface area contributed by atoms with Crippen molar-refractivity contribution >= 4 is 27.0 Å². The topological polar surface area (TPSA) is 85.1 Å². The molecule has 0 saturated carbocycles. The van der Waals surface area contributed by atoms with E-state index in [0.29, 0.717) is 5.69 Å². The summed E-state index contributed by atoms with van der Waals surface area (Å²) in [5.74, 6) is 0. The molecule has 5 nitrogen and oxygen atoms in total. The van der Waals surface area contributed by atoms with E-state index in [-0.39, 0.29) is 10.8 Å². The molecule has 96 valence electrons. The minimum Gasteiger partial charge on any atom is -0.398 e. The molecule has 0 unspecified atom stereocenters. The number of aromatic nitrogens is 1. The predicted octanol–water partition coefficient (Wildman–Crippen LogP) is 1.51. The van der Waals surface area contributed by atoms with Crippen molar-refractivity contribution in [2.75, 3.05) is 5.73 Å². The van der Waals surface area contributed by atoms with Crippen molar-refractivity contribution in [1.29, 1.82) is 0 Å². The second-order valence-corrected chi connectivity index (χ2v) is 6.74. The van der Waals surface area contributed by atoms with Gasteiger partial charge in [-0.25, -0.2) is 13.1 Å². The molecular weight excluding hydrogens is 270 g/mol. The lowest BCUT2D eigenvalue weighted by atomic mass is 10.2. The molecule has 0 saturated heterocycles. The van der Waals surface area contributed by atoms with Crippen LogP contribution in [0.25, 0.3) is 0 Å². The normalized spacial score (nSPS) is 11.6. The Morgan fingerprint density at radius 3 is 2.78 bits per heavy atom. The maximum absolute atomic E-state index is 11.9. The highest BCUT2D eigenvalue weighted by atomic mass is 32.2. The van der Waals surface area contributed by atoms with E-state index in [4.69, 9.17) is 5.73 Å². The standard InChI is InChI=1S/C11H13N3O2S2/c1-8-2-3-9(5-13-8)6-14-18(15,16)11-4-10(12)7-17-11/h2-5,7,14H,6,12H2,1H3. The Balaban J connectivity index is 2.08. The van der Waals surface area contributed by atoms with Gasteiger partial charge in [-0.1, -0.05) is 6.07 Å². The summed E-state index contributed by atoms with van der Waals surface area (Å²) < 4.78 is 26.6. The smallest absolute Gasteiger partial charge is 0.250 e. The fourth-order valence-electron chi connectivity index (χ4n) is 1.32. The van der Waals surface area contributed by atoms with E-state index in [1.807, 2.05) is 19.1 Å². The summed E-state index contributed by atoms with van der Waals surface area (Å²) in [6.45, 7) is 2.09. The van der Waals surface area contributed by atoms with Gasteiger partial charge in [0.2, 0.25) is 10.0 Å². The molecule has 0 aliphatic carbocycles. The molecule has 18 heavy (non-hydrogen) atoms. The SMILES string of the molecule is Cc1ccc(CNS(=O)(=O)c2cc(N)cs2)cn1. The van der Waals surface area contributed by atoms with Gasteiger partial charge in [0.05, 0.1) is 0 Å². The van der Waals surface area contributed by atoms with E-state index in [0.717, 1.165) is 22.6 Å². The molecule has 0 bridgehead atoms. The fourth-order valence-corrected chi connectivity index (χ4v) is 3.47. The van der Waals surface area contributed by atoms with Crippen LogP contribution in [0.3, 0.4) is 0 Å². The van der Waals surface area contributed by atoms with Gasteiger partial charge in [0.15, 0.2) is 0 Å². The van der Waals surface area contributed by atoms with Crippen molar-refractivity contribution in [3.8, 4) is 0 Å². The summed E-state index contributed by atoms with van der Waals surface area (Å²) in [6.07, 6.45) is 1.65. The Hall–Kier alpha value is -1.44. The first-order chi connectivity index (χ1) is 8.47. The molecule has 0 aliphatic rings. The Morgan fingerprint density at radius 2 is 2.22 bits per heavy atom. The average molecular weight is 283 g/mol. The monoisotopic (exact) mass is 283 g/mol. The van der Waals surface area contributed by atoms with E-state index in [1.54, 1.807) is 11.6 Å². The summed E-state index contributed by atoms with van der Waals surface area (Å²) in [6, 6.07) is 5.13. The molecule has 0 spiro atoms. The lowest BCUT2D eigenvalue weighted by Crippen LogP contribution is -2.22. The van der Waals surface area contributed by atoms with Crippen molar-refractivity contribution in [2.45, 2.75) is 17.7 Å². The lowest BCUT2D eigenvalue weighted by Gasteiger charge is -2.04. The molecular formula is C11H13N3O2S2. The molecule has 0 aliphatic heterocycles. The molecule has 3 N–H and O–H groups in total. The van der Waals surface area contributed by atoms with Gasteiger partial charge in [-0.2, -0.15) is 0 Å². The molecule has 0 fully saturated rings. The quantitative estimate of drug-likeness (QED) is 0.890. The van der Waals surface area contributed by atoms with Gasteiger partial charge < -0.3 is 5.73 Å². The van der Waals surface area contributed by atoms with E-state index < -0.39 is 10.0 Å². The Morgan fingerprint density at radius 1 is 1.44 bits per heavy atom. The van der Waals surface area contributed by atoms with Crippen molar-refractivity contribution in [1.82, 2.24) is 9.71 Å². The van der Waals surface area contributed by atoms with Crippen LogP contribution in [0.5, 0.6) is 0 Å². The van der Waals surface area contributed by atoms with Crippen molar-refractivity contribution in [3.63, 3.8) is 0 Å². The first-order valence-electron chi connectivity index (χ1n) is 5.22. The third-order valence-corrected chi connectivity index (χ3v) is 5.16. The van der Waals surface area contributed by atoms with E-state index >= 15 is 0 Å². The lowest BCUT2D eigenvalue weighted by molar-refractivity contribution is 0.583. The number of hydrogen-bond acceptors (Lipinski definition) is 5. The van der Waals surface area contributed by atoms with Crippen LogP contribution in [0.1, 0.15) is 11.3 Å². The van der Waals surface area contributed by atoms with Gasteiger partial charge in [0.1, 0.15) is 4.21 Å². The third kappa shape index (κ3) is 3.06. The van der Waals surface area contributed by atoms with Gasteiger partial charge in [0.25, 0.3) is 0 Å². The Kier molecular flexibility index (Phi) is 3.65. The number of pyridine rings is 1. The molecule has 2 aromatic heterocycles. The minimum absolute atomic E-state index is 0.216. The van der Waals surface area contributed by atoms with Crippen molar-refractivity contribution in [3.05, 3.63) is 41.0 Å². The number of hydrogen-bond donors (Lipinski definition) is 2. The molecule has 0 radical (unpaired) electrons. The number of nitrogen functional groups attached to an aromatic ring is 1. The summed E-state index contributed by atoms with van der Waals surface area (Å²) in [5.41, 5.74) is 7.67. The van der Waals surface area contributed by atoms with E-state index in [9.17, 15) is 8.42 Å². The summed E-state index contributed by atoms with van der Waals surface area (Å²) >= 11 is 1.10. The molecule has 0 aromatic carbocycles. The van der Waals surface area contributed by atoms with Gasteiger partial charge in [0, 0.05) is 29.5 Å². The van der Waals surface area contributed by atoms with Crippen LogP contribution < -0.4 is 10.5 Å². The largest absolute Gasteiger partial charge is 0.398 e. The molecule has 7 heteroatoms. The minimum atomic E-state index is -3.49. The highest BCUT2D eigenvalue weighted by Crippen LogP contribution is 2.21. The van der Waals surface area contributed by atoms with Crippen molar-refractivity contribution in [2.24, 2.45) is 0 Å². The summed E-state index contributed by atoms with van der Waals surface area (Å²) in [7, 11) is -3.49. The first-order valence-corrected chi connectivity index (χ1v) is 7.59. The molecule has 2 aromatic rings. The maximum Gasteiger partial charge on any atom is 0.250 e. The molecule has 0 atom stereocenters. The highest BCUT2D eigenvalue weighted by molar-refractivity contribution is 7.91. The number of nitrogens with two attached hydrogens (primary N) is 1. The number of nitrogens with zero attached hydrogens (tertiary/aromatic N) is 1. The van der Waals surface area contributed by atoms with Gasteiger partial charge in [-0.05, 0) is 24.6 Å². The van der Waals surface area contributed by atoms with Crippen molar-refractivity contribution < 1.29 is 8.42 Å². The van der Waals surface area contributed by atoms with Gasteiger partial charge in [-0.15, -0.1) is 11.3 Å². The number of anilines is 1. The highest BCUT2D eigenvalue weighted by Gasteiger charge is 2.15. The average Bonchev–Trinajstić information content (AvgIpc) is 2.76. The summed E-state index contributed by atoms with van der Waals surface area (Å²) in [5, 5.41) is 1.60. The van der Waals surface area contributed by atoms with E-state index in [2.05, 4.69) is 9.71 Å². The molecule has 2 heterocycles. The molecule has 2 rings (SSSR count). The number of nitrogens with one attached hydrogen (secondary N) is 1. The summed E-state index contributed by atoms with van der Waals surface area (Å²) in [4.78, 5) is 4.10. The van der Waals surface area contributed by atoms with Crippen LogP contribution in [0.15, 0.2) is 34.0 Å². The zero-order chi connectivity index (χ0) is 13.2. The van der Waals surface area contributed by atoms with Crippen LogP contribution in [0.2, 0.25) is 0 Å². The zero-order valence-corrected chi connectivity index (χ0v) is 11.4. The third-order valence-electron chi connectivity index (χ3n) is 2.30. The number of aryl methyl sites for hydroxylation is 1. The Bertz CT molecular complexity index is 633. The maximum atomic E-state index is 11.9. The molecule has 0 amide bonds. The fraction of sp³-hybridized carbons (Fsp3) is 0.182. The second kappa shape index (κ2) is 5.05. The van der Waals surface area contributed by atoms with Crippen LogP contribution in [-0.2, 0) is 16.6 Å². The number of rotatable bonds is 4. The first kappa shape index (κ1) is 13.0. The van der Waals surface area contributed by atoms with E-state index in [1.165, 1.54) is 6.07 Å². The van der Waals surface area contributed by atoms with Gasteiger partial charge >= 0.3 is 0 Å². The predicted molar refractivity (Wildman–Crippen MR) is 71.7 cm³/mol. The van der Waals surface area contributed by atoms with Crippen LogP contribution in [0.4, 0.5) is 5.69 Å². The Labute approximate surface area is 110 Å². The van der Waals surface area contributed by atoms with Crippen LogP contribution in [0, 0.1) is 6.92 Å².